The second kappa shape index (κ2) is 22.1. The predicted molar refractivity (Wildman–Crippen MR) is 298 cm³/mol. The lowest BCUT2D eigenvalue weighted by atomic mass is 9.92. The van der Waals surface area contributed by atoms with E-state index in [0.717, 1.165) is 98.0 Å². The first-order chi connectivity index (χ1) is 33.5. The van der Waals surface area contributed by atoms with E-state index < -0.39 is 5.97 Å². The van der Waals surface area contributed by atoms with E-state index in [-0.39, 0.29) is 31.3 Å². The molecule has 6 aliphatic rings. The Labute approximate surface area is 446 Å². The van der Waals surface area contributed by atoms with Gasteiger partial charge in [-0.1, -0.05) is 127 Å². The molecule has 2 N–H and O–H groups in total. The molecule has 0 radical (unpaired) electrons. The highest BCUT2D eigenvalue weighted by molar-refractivity contribution is 9.11. The Morgan fingerprint density at radius 2 is 0.873 bits per heavy atom. The van der Waals surface area contributed by atoms with Gasteiger partial charge in [0.05, 0.1) is 17.6 Å². The second-order valence-corrected chi connectivity index (χ2v) is 23.1. The van der Waals surface area contributed by atoms with E-state index in [9.17, 15) is 14.4 Å². The Bertz CT molecular complexity index is 2870. The van der Waals surface area contributed by atoms with Crippen LogP contribution >= 0.6 is 47.8 Å². The fourth-order valence-corrected chi connectivity index (χ4v) is 12.9. The van der Waals surface area contributed by atoms with Gasteiger partial charge in [-0.25, -0.2) is 4.79 Å². The molecule has 10 heteroatoms. The van der Waals surface area contributed by atoms with Crippen LogP contribution in [-0.2, 0) is 19.3 Å². The van der Waals surface area contributed by atoms with Gasteiger partial charge in [0.1, 0.15) is 0 Å². The zero-order chi connectivity index (χ0) is 49.5. The normalized spacial score (nSPS) is 21.4. The quantitative estimate of drug-likeness (QED) is 0.184. The third-order valence-electron chi connectivity index (χ3n) is 15.4. The number of hydrogen-bond acceptors (Lipinski definition) is 4. The number of hydrogen-bond donors (Lipinski definition) is 2. The summed E-state index contributed by atoms with van der Waals surface area (Å²) in [6.07, 6.45) is 10.2. The van der Waals surface area contributed by atoms with Crippen molar-refractivity contribution < 1.29 is 19.5 Å². The SMILES string of the molecule is Brc1ccc2c(c1)C1CCC(C2)N1.C.Cc1ccc(C)c(C(=O)N2[C@@H]3CC[C@H]2c2cc(Br)ccc2C3)c1.Cc1ccc(C)c(C(=O)N2[C@H]3CC[C@@H]2c2cc(Br)ccc2C3)c1.Cc1ccc(C)c(C(=O)O)c1. The average molecular weight is 1140 g/mol. The molecular formula is C61H66Br3N3O4. The molecule has 6 bridgehead atoms. The van der Waals surface area contributed by atoms with Crippen LogP contribution in [0.15, 0.2) is 123 Å². The number of nitrogens with zero attached hydrogens (tertiary/aromatic N) is 2. The van der Waals surface area contributed by atoms with Crippen LogP contribution in [0.2, 0.25) is 0 Å². The van der Waals surface area contributed by atoms with E-state index >= 15 is 0 Å². The van der Waals surface area contributed by atoms with Crippen LogP contribution in [0.3, 0.4) is 0 Å². The molecule has 2 amide bonds. The maximum Gasteiger partial charge on any atom is 0.335 e. The lowest BCUT2D eigenvalue weighted by molar-refractivity contribution is 0.0637. The van der Waals surface area contributed by atoms with Gasteiger partial charge in [0.15, 0.2) is 0 Å². The predicted octanol–water partition coefficient (Wildman–Crippen LogP) is 15.4. The number of carboxylic acids is 1. The fraction of sp³-hybridized carbons (Fsp3) is 0.361. The Hall–Kier alpha value is -4.87. The number of aromatic carboxylic acids is 1. The molecule has 12 rings (SSSR count). The number of nitrogens with one attached hydrogen (secondary N) is 1. The zero-order valence-electron chi connectivity index (χ0n) is 40.9. The zero-order valence-corrected chi connectivity index (χ0v) is 45.7. The third kappa shape index (κ3) is 11.2. The van der Waals surface area contributed by atoms with E-state index in [1.54, 1.807) is 18.6 Å². The van der Waals surface area contributed by atoms with Crippen molar-refractivity contribution in [3.8, 4) is 0 Å². The van der Waals surface area contributed by atoms with Crippen molar-refractivity contribution in [2.45, 2.75) is 143 Å². The second-order valence-electron chi connectivity index (χ2n) is 20.3. The first kappa shape index (κ1) is 52.5. The lowest BCUT2D eigenvalue weighted by Crippen LogP contribution is -2.42. The molecular weight excluding hydrogens is 1080 g/mol. The number of rotatable bonds is 3. The third-order valence-corrected chi connectivity index (χ3v) is 16.9. The Kier molecular flexibility index (Phi) is 16.3. The van der Waals surface area contributed by atoms with Crippen molar-refractivity contribution in [2.75, 3.05) is 0 Å². The molecule has 370 valence electrons. The number of fused-ring (bicyclic) bond motifs is 12. The molecule has 0 spiro atoms. The fourth-order valence-electron chi connectivity index (χ4n) is 11.8. The Morgan fingerprint density at radius 1 is 0.479 bits per heavy atom. The van der Waals surface area contributed by atoms with Gasteiger partial charge in [-0.2, -0.15) is 0 Å². The number of halogens is 3. The molecule has 71 heavy (non-hydrogen) atoms. The van der Waals surface area contributed by atoms with Crippen molar-refractivity contribution in [3.63, 3.8) is 0 Å². The van der Waals surface area contributed by atoms with E-state index in [1.165, 1.54) is 51.6 Å². The number of carbonyl (C=O) groups excluding carboxylic acids is 2. The Balaban J connectivity index is 0.000000132. The highest BCUT2D eigenvalue weighted by Crippen LogP contribution is 2.47. The molecule has 0 saturated carbocycles. The van der Waals surface area contributed by atoms with Gasteiger partial charge in [-0.05, 0) is 204 Å². The first-order valence-electron chi connectivity index (χ1n) is 24.7. The summed E-state index contributed by atoms with van der Waals surface area (Å²) < 4.78 is 3.40. The summed E-state index contributed by atoms with van der Waals surface area (Å²) >= 11 is 10.7. The minimum absolute atomic E-state index is 0. The smallest absolute Gasteiger partial charge is 0.335 e. The number of aryl methyl sites for hydroxylation is 6. The molecule has 0 aliphatic carbocycles. The summed E-state index contributed by atoms with van der Waals surface area (Å²) in [6, 6.07) is 40.0. The number of benzene rings is 6. The van der Waals surface area contributed by atoms with Crippen molar-refractivity contribution in [3.05, 3.63) is 206 Å². The summed E-state index contributed by atoms with van der Waals surface area (Å²) in [5.74, 6) is -0.458. The van der Waals surface area contributed by atoms with Crippen LogP contribution in [0.4, 0.5) is 0 Å². The molecule has 3 fully saturated rings. The molecule has 6 heterocycles. The largest absolute Gasteiger partial charge is 0.478 e. The molecule has 7 nitrogen and oxygen atoms in total. The molecule has 0 aromatic heterocycles. The van der Waals surface area contributed by atoms with Crippen LogP contribution in [0, 0.1) is 41.5 Å². The van der Waals surface area contributed by atoms with Gasteiger partial charge >= 0.3 is 5.97 Å². The van der Waals surface area contributed by atoms with Crippen molar-refractivity contribution in [1.82, 2.24) is 15.1 Å². The molecule has 6 aromatic carbocycles. The van der Waals surface area contributed by atoms with Crippen molar-refractivity contribution in [2.24, 2.45) is 0 Å². The molecule has 6 aromatic rings. The maximum absolute atomic E-state index is 13.2. The topological polar surface area (TPSA) is 90.0 Å². The molecule has 3 saturated heterocycles. The molecule has 6 aliphatic heterocycles. The summed E-state index contributed by atoms with van der Waals surface area (Å²) in [5.41, 5.74) is 16.9. The van der Waals surface area contributed by atoms with Crippen LogP contribution in [-0.4, -0.2) is 50.8 Å². The first-order valence-corrected chi connectivity index (χ1v) is 27.1. The summed E-state index contributed by atoms with van der Waals surface area (Å²) in [5, 5.41) is 12.3. The van der Waals surface area contributed by atoms with E-state index in [2.05, 4.69) is 142 Å². The lowest BCUT2D eigenvalue weighted by Gasteiger charge is -2.37. The van der Waals surface area contributed by atoms with Gasteiger partial charge in [0, 0.05) is 48.7 Å². The van der Waals surface area contributed by atoms with E-state index in [1.807, 2.05) is 58.9 Å². The van der Waals surface area contributed by atoms with Gasteiger partial charge < -0.3 is 20.2 Å². The summed E-state index contributed by atoms with van der Waals surface area (Å²) in [6.45, 7) is 11.8. The summed E-state index contributed by atoms with van der Waals surface area (Å²) in [7, 11) is 0. The van der Waals surface area contributed by atoms with Crippen LogP contribution in [0.1, 0.15) is 162 Å². The minimum atomic E-state index is -0.855. The van der Waals surface area contributed by atoms with Gasteiger partial charge in [-0.3, -0.25) is 9.59 Å². The maximum atomic E-state index is 13.2. The monoisotopic (exact) mass is 1140 g/mol. The molecule has 6 atom stereocenters. The van der Waals surface area contributed by atoms with Crippen molar-refractivity contribution >= 4 is 65.6 Å². The van der Waals surface area contributed by atoms with Gasteiger partial charge in [0.2, 0.25) is 0 Å². The highest BCUT2D eigenvalue weighted by atomic mass is 79.9. The molecule has 2 unspecified atom stereocenters. The number of amides is 2. The van der Waals surface area contributed by atoms with E-state index in [4.69, 9.17) is 5.11 Å². The highest BCUT2D eigenvalue weighted by Gasteiger charge is 2.44. The van der Waals surface area contributed by atoms with E-state index in [0.29, 0.717) is 23.7 Å². The van der Waals surface area contributed by atoms with Gasteiger partial charge in [-0.15, -0.1) is 0 Å². The average Bonchev–Trinajstić information content (AvgIpc) is 4.00. The van der Waals surface area contributed by atoms with Crippen LogP contribution in [0.25, 0.3) is 0 Å². The van der Waals surface area contributed by atoms with Gasteiger partial charge in [0.25, 0.3) is 11.8 Å². The van der Waals surface area contributed by atoms with Crippen LogP contribution in [0.5, 0.6) is 0 Å². The Morgan fingerprint density at radius 3 is 1.30 bits per heavy atom. The standard InChI is InChI=1S/2C20H20BrNO.C11H12BrN.C9H10O2.CH4/c2*1-12-3-4-13(2)17(9-12)20(23)22-16-7-8-19(22)18-11-15(21)6-5-14(18)10-16;12-8-2-1-7-5-9-3-4-11(13-9)10(7)6-8;1-6-3-4-7(2)8(5-6)9(10)11;/h2*3-6,9,11,16,19H,7-8,10H2,1-2H3;1-2,6,9,11,13H,3-5H2;3-5H,1-2H3,(H,10,11);1H4/t2*16-,19+;;;/m10.../s1. The van der Waals surface area contributed by atoms with Crippen LogP contribution < -0.4 is 5.32 Å². The minimum Gasteiger partial charge on any atom is -0.478 e. The van der Waals surface area contributed by atoms with Crippen molar-refractivity contribution in [1.29, 1.82) is 0 Å². The summed E-state index contributed by atoms with van der Waals surface area (Å²) in [4.78, 5) is 41.4. The number of carbonyl (C=O) groups is 3. The number of carboxylic acid groups (broad SMARTS) is 1.